The molecule has 77 valence electrons. The van der Waals surface area contributed by atoms with Gasteiger partial charge in [0.1, 0.15) is 0 Å². The van der Waals surface area contributed by atoms with E-state index in [1.54, 1.807) is 0 Å². The summed E-state index contributed by atoms with van der Waals surface area (Å²) >= 11 is 0. The molecule has 0 fully saturated rings. The van der Waals surface area contributed by atoms with E-state index in [2.05, 4.69) is 11.8 Å². The molecule has 0 amide bonds. The van der Waals surface area contributed by atoms with Gasteiger partial charge < -0.3 is 0 Å². The van der Waals surface area contributed by atoms with Crippen molar-refractivity contribution in [3.8, 4) is 11.8 Å². The first-order valence-electron chi connectivity index (χ1n) is 4.57. The van der Waals surface area contributed by atoms with Gasteiger partial charge >= 0.3 is 0 Å². The molecule has 2 aromatic carbocycles. The quantitative estimate of drug-likeness (QED) is 0.491. The molecular weight excluding hydrogens is 365 g/mol. The normalized spacial score (nSPS) is 8.27. The van der Waals surface area contributed by atoms with E-state index >= 15 is 0 Å². The fourth-order valence-corrected chi connectivity index (χ4v) is 1.19. The first-order chi connectivity index (χ1) is 6.95. The molecule has 0 nitrogen and oxygen atoms in total. The summed E-state index contributed by atoms with van der Waals surface area (Å²) in [6.45, 7) is 0. The molecular formula is C14H10Au. The van der Waals surface area contributed by atoms with Gasteiger partial charge in [0.25, 0.3) is 0 Å². The smallest absolute Gasteiger partial charge is 0.0249 e. The minimum Gasteiger partial charge on any atom is -0.0622 e. The maximum absolute atomic E-state index is 3.11. The molecule has 2 rings (SSSR count). The van der Waals surface area contributed by atoms with Crippen LogP contribution in [0, 0.1) is 11.8 Å². The van der Waals surface area contributed by atoms with Crippen LogP contribution in [0.25, 0.3) is 0 Å². The number of hydrogen-bond acceptors (Lipinski definition) is 0. The molecule has 0 aliphatic heterocycles. The second-order valence-corrected chi connectivity index (χ2v) is 2.98. The van der Waals surface area contributed by atoms with Gasteiger partial charge in [0.2, 0.25) is 0 Å². The predicted molar refractivity (Wildman–Crippen MR) is 58.9 cm³/mol. The van der Waals surface area contributed by atoms with Gasteiger partial charge in [-0.3, -0.25) is 0 Å². The van der Waals surface area contributed by atoms with Gasteiger partial charge in [-0.15, -0.1) is 0 Å². The Kier molecular flexibility index (Phi) is 4.93. The summed E-state index contributed by atoms with van der Waals surface area (Å²) in [5, 5.41) is 0. The fourth-order valence-electron chi connectivity index (χ4n) is 1.19. The van der Waals surface area contributed by atoms with Crippen LogP contribution in [0.3, 0.4) is 0 Å². The fraction of sp³-hybridized carbons (Fsp3) is 0. The van der Waals surface area contributed by atoms with Crippen molar-refractivity contribution < 1.29 is 22.4 Å². The van der Waals surface area contributed by atoms with Crippen LogP contribution in [-0.2, 0) is 22.4 Å². The third-order valence-corrected chi connectivity index (χ3v) is 1.90. The summed E-state index contributed by atoms with van der Waals surface area (Å²) in [6.07, 6.45) is 0. The summed E-state index contributed by atoms with van der Waals surface area (Å²) in [6, 6.07) is 20.0. The van der Waals surface area contributed by atoms with Crippen LogP contribution in [-0.4, -0.2) is 0 Å². The zero-order valence-corrected chi connectivity index (χ0v) is 10.2. The van der Waals surface area contributed by atoms with Crippen molar-refractivity contribution in [1.29, 1.82) is 0 Å². The second-order valence-electron chi connectivity index (χ2n) is 2.98. The SMILES string of the molecule is C(#Cc1ccccc1)c1ccccc1.[Au]. The van der Waals surface area contributed by atoms with Gasteiger partial charge in [-0.05, 0) is 24.3 Å². The largest absolute Gasteiger partial charge is 0.0622 e. The van der Waals surface area contributed by atoms with Crippen molar-refractivity contribution in [1.82, 2.24) is 0 Å². The zero-order chi connectivity index (χ0) is 9.64. The van der Waals surface area contributed by atoms with E-state index in [1.165, 1.54) is 0 Å². The van der Waals surface area contributed by atoms with Gasteiger partial charge in [-0.25, -0.2) is 0 Å². The van der Waals surface area contributed by atoms with Crippen LogP contribution in [0.15, 0.2) is 60.7 Å². The molecule has 1 heteroatoms. The molecule has 0 N–H and O–H groups in total. The Morgan fingerprint density at radius 1 is 0.533 bits per heavy atom. The van der Waals surface area contributed by atoms with E-state index in [1.807, 2.05) is 60.7 Å². The predicted octanol–water partition coefficient (Wildman–Crippen LogP) is 3.08. The summed E-state index contributed by atoms with van der Waals surface area (Å²) < 4.78 is 0. The summed E-state index contributed by atoms with van der Waals surface area (Å²) in [4.78, 5) is 0. The Hall–Kier alpha value is -1.26. The third-order valence-electron chi connectivity index (χ3n) is 1.90. The molecule has 1 radical (unpaired) electrons. The second kappa shape index (κ2) is 6.27. The van der Waals surface area contributed by atoms with E-state index < -0.39 is 0 Å². The Morgan fingerprint density at radius 2 is 0.867 bits per heavy atom. The number of rotatable bonds is 0. The molecule has 15 heavy (non-hydrogen) atoms. The van der Waals surface area contributed by atoms with E-state index in [4.69, 9.17) is 0 Å². The van der Waals surface area contributed by atoms with Crippen LogP contribution in [0.1, 0.15) is 11.1 Å². The van der Waals surface area contributed by atoms with Crippen molar-refractivity contribution in [3.05, 3.63) is 71.8 Å². The first kappa shape index (κ1) is 11.8. The van der Waals surface area contributed by atoms with Crippen LogP contribution in [0.4, 0.5) is 0 Å². The van der Waals surface area contributed by atoms with Crippen LogP contribution in [0.5, 0.6) is 0 Å². The molecule has 2 aromatic rings. The van der Waals surface area contributed by atoms with E-state index in [0.717, 1.165) is 11.1 Å². The van der Waals surface area contributed by atoms with Gasteiger partial charge in [-0.2, -0.15) is 0 Å². The van der Waals surface area contributed by atoms with Crippen molar-refractivity contribution >= 4 is 0 Å². The van der Waals surface area contributed by atoms with Crippen LogP contribution < -0.4 is 0 Å². The molecule has 0 heterocycles. The van der Waals surface area contributed by atoms with Crippen LogP contribution >= 0.6 is 0 Å². The Labute approximate surface area is 106 Å². The Balaban J connectivity index is 0.00000112. The standard InChI is InChI=1S/C14H10.Au/c1-3-7-13(8-4-1)11-12-14-9-5-2-6-10-14;/h1-10H;. The minimum absolute atomic E-state index is 0. The molecule has 0 aliphatic carbocycles. The van der Waals surface area contributed by atoms with Gasteiger partial charge in [-0.1, -0.05) is 48.2 Å². The maximum atomic E-state index is 3.11. The first-order valence-corrected chi connectivity index (χ1v) is 4.57. The molecule has 0 saturated carbocycles. The topological polar surface area (TPSA) is 0 Å². The maximum Gasteiger partial charge on any atom is 0.0249 e. The minimum atomic E-state index is 0. The van der Waals surface area contributed by atoms with E-state index in [-0.39, 0.29) is 22.4 Å². The van der Waals surface area contributed by atoms with Gasteiger partial charge in [0.05, 0.1) is 0 Å². The van der Waals surface area contributed by atoms with Gasteiger partial charge in [0.15, 0.2) is 0 Å². The summed E-state index contributed by atoms with van der Waals surface area (Å²) in [5.74, 6) is 6.22. The average molecular weight is 375 g/mol. The molecule has 0 unspecified atom stereocenters. The average Bonchev–Trinajstić information content (AvgIpc) is 2.29. The zero-order valence-electron chi connectivity index (χ0n) is 8.08. The van der Waals surface area contributed by atoms with E-state index in [0.29, 0.717) is 0 Å². The number of benzene rings is 2. The molecule has 0 atom stereocenters. The third kappa shape index (κ3) is 3.77. The Bertz CT molecular complexity index is 405. The van der Waals surface area contributed by atoms with Crippen molar-refractivity contribution in [2.24, 2.45) is 0 Å². The molecule has 0 aromatic heterocycles. The van der Waals surface area contributed by atoms with Crippen molar-refractivity contribution in [2.45, 2.75) is 0 Å². The van der Waals surface area contributed by atoms with E-state index in [9.17, 15) is 0 Å². The molecule has 0 spiro atoms. The monoisotopic (exact) mass is 375 g/mol. The van der Waals surface area contributed by atoms with Crippen LogP contribution in [0.2, 0.25) is 0 Å². The molecule has 0 bridgehead atoms. The molecule has 0 aliphatic rings. The van der Waals surface area contributed by atoms with Gasteiger partial charge in [0, 0.05) is 33.5 Å². The van der Waals surface area contributed by atoms with Crippen molar-refractivity contribution in [3.63, 3.8) is 0 Å². The Morgan fingerprint density at radius 3 is 1.20 bits per heavy atom. The summed E-state index contributed by atoms with van der Waals surface area (Å²) in [7, 11) is 0. The summed E-state index contributed by atoms with van der Waals surface area (Å²) in [5.41, 5.74) is 2.10. The molecule has 0 saturated heterocycles. The van der Waals surface area contributed by atoms with Crippen molar-refractivity contribution in [2.75, 3.05) is 0 Å². The number of hydrogen-bond donors (Lipinski definition) is 0.